The second-order valence-electron chi connectivity index (χ2n) is 5.01. The van der Waals surface area contributed by atoms with Gasteiger partial charge in [-0.1, -0.05) is 22.6 Å². The maximum atomic E-state index is 12.2. The van der Waals surface area contributed by atoms with Crippen LogP contribution < -0.4 is 5.32 Å². The van der Waals surface area contributed by atoms with Gasteiger partial charge in [0.25, 0.3) is 0 Å². The van der Waals surface area contributed by atoms with Crippen molar-refractivity contribution >= 4 is 62.5 Å². The Hall–Kier alpha value is -1.82. The van der Waals surface area contributed by atoms with E-state index < -0.39 is 46.5 Å². The van der Waals surface area contributed by atoms with Gasteiger partial charge in [-0.2, -0.15) is 0 Å². The summed E-state index contributed by atoms with van der Waals surface area (Å²) in [6, 6.07) is 5.98. The summed E-state index contributed by atoms with van der Waals surface area (Å²) in [6.07, 6.45) is -0.425. The number of benzene rings is 1. The fourth-order valence-electron chi connectivity index (χ4n) is 2.17. The van der Waals surface area contributed by atoms with Crippen LogP contribution in [0.3, 0.4) is 0 Å². The number of amides is 3. The lowest BCUT2D eigenvalue weighted by Gasteiger charge is -2.13. The minimum absolute atomic E-state index is 0.180. The summed E-state index contributed by atoms with van der Waals surface area (Å²) in [5.74, 6) is -2.22. The van der Waals surface area contributed by atoms with Crippen LogP contribution in [0.1, 0.15) is 16.8 Å². The van der Waals surface area contributed by atoms with Crippen LogP contribution >= 0.6 is 22.6 Å². The monoisotopic (exact) mass is 464 g/mol. The molecule has 24 heavy (non-hydrogen) atoms. The minimum Gasteiger partial charge on any atom is -0.325 e. The number of anilines is 1. The quantitative estimate of drug-likeness (QED) is 0.201. The Kier molecular flexibility index (Phi) is 6.04. The van der Waals surface area contributed by atoms with Crippen LogP contribution in [-0.2, 0) is 25.1 Å². The van der Waals surface area contributed by atoms with E-state index in [-0.39, 0.29) is 11.5 Å². The number of likely N-dealkylation sites (tertiary alicyclic amines) is 1. The summed E-state index contributed by atoms with van der Waals surface area (Å²) in [5, 5.41) is 1.24. The number of nitrogens with one attached hydrogen (secondary N) is 1. The number of imide groups is 1. The van der Waals surface area contributed by atoms with Gasteiger partial charge in [-0.3, -0.25) is 24.1 Å². The van der Waals surface area contributed by atoms with Gasteiger partial charge < -0.3 is 5.32 Å². The second kappa shape index (κ2) is 7.83. The first-order chi connectivity index (χ1) is 11.3. The Morgan fingerprint density at radius 3 is 2.33 bits per heavy atom. The molecule has 1 fully saturated rings. The van der Waals surface area contributed by atoms with Crippen LogP contribution in [0.4, 0.5) is 5.69 Å². The van der Waals surface area contributed by atoms with E-state index in [0.29, 0.717) is 15.0 Å². The molecule has 1 N–H and O–H groups in total. The molecule has 0 bridgehead atoms. The number of halogens is 1. The molecule has 128 valence electrons. The van der Waals surface area contributed by atoms with Crippen LogP contribution in [0.15, 0.2) is 24.3 Å². The third kappa shape index (κ3) is 4.17. The first-order valence-electron chi connectivity index (χ1n) is 6.80. The fraction of sp³-hybridized carbons (Fsp3) is 0.286. The maximum Gasteiger partial charge on any atom is 0.248 e. The van der Waals surface area contributed by atoms with Crippen molar-refractivity contribution in [3.8, 4) is 0 Å². The lowest BCUT2D eigenvalue weighted by molar-refractivity contribution is -0.137. The van der Waals surface area contributed by atoms with Gasteiger partial charge in [0.05, 0.1) is 17.4 Å². The lowest BCUT2D eigenvalue weighted by Crippen LogP contribution is -2.36. The minimum atomic E-state index is -3.05. The van der Waals surface area contributed by atoms with Gasteiger partial charge in [0.1, 0.15) is 5.25 Å². The molecule has 3 amide bonds. The van der Waals surface area contributed by atoms with Gasteiger partial charge in [0, 0.05) is 11.3 Å². The smallest absolute Gasteiger partial charge is 0.248 e. The molecular weight excluding hydrogens is 451 g/mol. The van der Waals surface area contributed by atoms with Crippen LogP contribution in [0.25, 0.3) is 0 Å². The molecule has 1 heterocycles. The van der Waals surface area contributed by atoms with Gasteiger partial charge >= 0.3 is 0 Å². The van der Waals surface area contributed by atoms with Crippen LogP contribution in [-0.4, -0.2) is 53.0 Å². The number of alkyl halides is 1. The van der Waals surface area contributed by atoms with Crippen LogP contribution in [0.5, 0.6) is 0 Å². The Labute approximate surface area is 152 Å². The first kappa shape index (κ1) is 18.5. The molecule has 0 spiro atoms. The highest BCUT2D eigenvalue weighted by Gasteiger charge is 2.41. The van der Waals surface area contributed by atoms with Crippen molar-refractivity contribution in [2.75, 3.05) is 16.3 Å². The molecule has 0 aliphatic carbocycles. The number of rotatable bonds is 6. The SMILES string of the molecule is O=C(CI)Nc1ccc(C(=O)CN2C(=O)CC([SH](=O)=O)C2=O)cc1. The average molecular weight is 464 g/mol. The number of hydrogen-bond acceptors (Lipinski definition) is 6. The number of thiol groups is 1. The molecular formula is C14H13IN2O6S. The molecule has 1 aromatic carbocycles. The van der Waals surface area contributed by atoms with Crippen LogP contribution in [0, 0.1) is 0 Å². The summed E-state index contributed by atoms with van der Waals surface area (Å²) >= 11 is 1.92. The molecule has 1 aromatic rings. The van der Waals surface area contributed by atoms with Crippen molar-refractivity contribution in [1.82, 2.24) is 4.90 Å². The molecule has 8 nitrogen and oxygen atoms in total. The van der Waals surface area contributed by atoms with E-state index in [9.17, 15) is 27.6 Å². The summed E-state index contributed by atoms with van der Waals surface area (Å²) in [7, 11) is -3.05. The van der Waals surface area contributed by atoms with Gasteiger partial charge in [-0.05, 0) is 24.3 Å². The standard InChI is InChI=1S/C14H13IN2O6S/c15-6-12(19)16-9-3-1-8(2-4-9)10(18)7-17-13(20)5-11(14(17)21)24(22)23/h1-4,11,24H,5-7H2,(H,16,19). The largest absolute Gasteiger partial charge is 0.325 e. The number of carbonyl (C=O) groups is 4. The van der Waals surface area contributed by atoms with Gasteiger partial charge in [0.2, 0.25) is 17.7 Å². The summed E-state index contributed by atoms with van der Waals surface area (Å²) < 4.78 is 22.1. The van der Waals surface area contributed by atoms with Crippen molar-refractivity contribution in [2.45, 2.75) is 11.7 Å². The summed E-state index contributed by atoms with van der Waals surface area (Å²) in [4.78, 5) is 47.7. The normalized spacial score (nSPS) is 17.4. The molecule has 2 rings (SSSR count). The third-order valence-corrected chi connectivity index (χ3v) is 4.99. The topological polar surface area (TPSA) is 118 Å². The summed E-state index contributed by atoms with van der Waals surface area (Å²) in [6.45, 7) is -0.503. The molecule has 0 aromatic heterocycles. The predicted octanol–water partition coefficient (Wildman–Crippen LogP) is -0.0183. The van der Waals surface area contributed by atoms with E-state index >= 15 is 0 Å². The molecule has 1 atom stereocenters. The molecule has 1 aliphatic heterocycles. The third-order valence-electron chi connectivity index (χ3n) is 3.39. The Morgan fingerprint density at radius 2 is 1.83 bits per heavy atom. The average Bonchev–Trinajstić information content (AvgIpc) is 2.83. The first-order valence-corrected chi connectivity index (χ1v) is 9.57. The van der Waals surface area contributed by atoms with E-state index in [1.807, 2.05) is 22.6 Å². The molecule has 10 heteroatoms. The molecule has 0 saturated carbocycles. The van der Waals surface area contributed by atoms with Gasteiger partial charge in [-0.15, -0.1) is 0 Å². The number of Topliss-reactive ketones (excluding diaryl/α,β-unsaturated/α-hetero) is 1. The van der Waals surface area contributed by atoms with Gasteiger partial charge in [0.15, 0.2) is 16.5 Å². The van der Waals surface area contributed by atoms with Gasteiger partial charge in [-0.25, -0.2) is 8.42 Å². The number of ketones is 1. The zero-order valence-corrected chi connectivity index (χ0v) is 15.3. The second-order valence-corrected chi connectivity index (χ2v) is 6.96. The van der Waals surface area contributed by atoms with E-state index in [2.05, 4.69) is 5.32 Å². The van der Waals surface area contributed by atoms with Crippen LogP contribution in [0.2, 0.25) is 0 Å². The number of nitrogens with zero attached hydrogens (tertiary/aromatic N) is 1. The molecule has 1 saturated heterocycles. The van der Waals surface area contributed by atoms with Crippen molar-refractivity contribution < 1.29 is 27.6 Å². The molecule has 0 radical (unpaired) electrons. The Balaban J connectivity index is 2.06. The van der Waals surface area contributed by atoms with E-state index in [1.54, 1.807) is 0 Å². The van der Waals surface area contributed by atoms with Crippen molar-refractivity contribution in [3.05, 3.63) is 29.8 Å². The fourth-order valence-corrected chi connectivity index (χ4v) is 2.98. The highest BCUT2D eigenvalue weighted by atomic mass is 127. The zero-order valence-electron chi connectivity index (χ0n) is 12.2. The lowest BCUT2D eigenvalue weighted by atomic mass is 10.1. The zero-order chi connectivity index (χ0) is 17.9. The van der Waals surface area contributed by atoms with E-state index in [4.69, 9.17) is 0 Å². The molecule has 1 unspecified atom stereocenters. The predicted molar refractivity (Wildman–Crippen MR) is 93.7 cm³/mol. The Morgan fingerprint density at radius 1 is 1.21 bits per heavy atom. The van der Waals surface area contributed by atoms with Crippen molar-refractivity contribution in [1.29, 1.82) is 0 Å². The molecule has 1 aliphatic rings. The van der Waals surface area contributed by atoms with Crippen molar-refractivity contribution in [3.63, 3.8) is 0 Å². The highest BCUT2D eigenvalue weighted by Crippen LogP contribution is 2.17. The van der Waals surface area contributed by atoms with E-state index in [0.717, 1.165) is 0 Å². The van der Waals surface area contributed by atoms with Crippen molar-refractivity contribution in [2.24, 2.45) is 0 Å². The number of hydrogen-bond donors (Lipinski definition) is 2. The number of carbonyl (C=O) groups excluding carboxylic acids is 4. The highest BCUT2D eigenvalue weighted by molar-refractivity contribution is 14.1. The summed E-state index contributed by atoms with van der Waals surface area (Å²) in [5.41, 5.74) is 0.767. The maximum absolute atomic E-state index is 12.2. The van der Waals surface area contributed by atoms with E-state index in [1.165, 1.54) is 24.3 Å². The Bertz CT molecular complexity index is 766.